The minimum atomic E-state index is -0.366. The van der Waals surface area contributed by atoms with Crippen molar-refractivity contribution in [1.82, 2.24) is 10.6 Å². The first-order valence-corrected chi connectivity index (χ1v) is 9.78. The third-order valence-corrected chi connectivity index (χ3v) is 4.77. The molecule has 0 spiro atoms. The second kappa shape index (κ2) is 10.2. The van der Waals surface area contributed by atoms with Gasteiger partial charge in [-0.1, -0.05) is 36.4 Å². The van der Waals surface area contributed by atoms with Gasteiger partial charge in [-0.25, -0.2) is 0 Å². The molecule has 3 aromatic rings. The van der Waals surface area contributed by atoms with Gasteiger partial charge in [0.1, 0.15) is 11.5 Å². The molecule has 1 aromatic heterocycles. The molecule has 0 unspecified atom stereocenters. The van der Waals surface area contributed by atoms with Crippen molar-refractivity contribution < 1.29 is 14.0 Å². The molecule has 3 rings (SSSR count). The molecule has 0 saturated carbocycles. The third-order valence-electron chi connectivity index (χ3n) is 3.76. The van der Waals surface area contributed by atoms with Gasteiger partial charge < -0.3 is 15.1 Å². The maximum absolute atomic E-state index is 12.6. The van der Waals surface area contributed by atoms with Crippen molar-refractivity contribution in [3.8, 4) is 0 Å². The average Bonchev–Trinajstić information content (AvgIpc) is 3.25. The minimum absolute atomic E-state index is 0.133. The van der Waals surface area contributed by atoms with E-state index in [0.29, 0.717) is 17.9 Å². The Labute approximate surface area is 167 Å². The monoisotopic (exact) mass is 392 g/mol. The molecule has 2 amide bonds. The van der Waals surface area contributed by atoms with Crippen LogP contribution in [0.2, 0.25) is 0 Å². The summed E-state index contributed by atoms with van der Waals surface area (Å²) >= 11 is 1.65. The summed E-state index contributed by atoms with van der Waals surface area (Å²) in [4.78, 5) is 26.2. The highest BCUT2D eigenvalue weighted by atomic mass is 32.2. The van der Waals surface area contributed by atoms with Gasteiger partial charge >= 0.3 is 0 Å². The molecule has 0 aliphatic rings. The topological polar surface area (TPSA) is 71.3 Å². The van der Waals surface area contributed by atoms with Crippen LogP contribution in [0.1, 0.15) is 16.1 Å². The fraction of sp³-hybridized carbons (Fsp3) is 0.0909. The summed E-state index contributed by atoms with van der Waals surface area (Å²) < 4.78 is 5.27. The van der Waals surface area contributed by atoms with Crippen molar-refractivity contribution in [2.75, 3.05) is 12.3 Å². The van der Waals surface area contributed by atoms with Gasteiger partial charge in [-0.3, -0.25) is 9.59 Å². The van der Waals surface area contributed by atoms with Crippen LogP contribution in [-0.2, 0) is 4.79 Å². The fourth-order valence-electron chi connectivity index (χ4n) is 2.40. The summed E-state index contributed by atoms with van der Waals surface area (Å²) in [5.74, 6) is 0.481. The summed E-state index contributed by atoms with van der Waals surface area (Å²) in [6, 6.07) is 22.1. The lowest BCUT2D eigenvalue weighted by atomic mass is 10.2. The molecule has 0 aliphatic carbocycles. The molecule has 0 fully saturated rings. The number of rotatable bonds is 8. The van der Waals surface area contributed by atoms with Crippen LogP contribution in [-0.4, -0.2) is 24.1 Å². The van der Waals surface area contributed by atoms with Gasteiger partial charge in [0.15, 0.2) is 0 Å². The largest absolute Gasteiger partial charge is 0.465 e. The molecule has 0 saturated heterocycles. The van der Waals surface area contributed by atoms with Gasteiger partial charge in [-0.05, 0) is 36.4 Å². The van der Waals surface area contributed by atoms with Crippen LogP contribution in [0.5, 0.6) is 0 Å². The van der Waals surface area contributed by atoms with Crippen LogP contribution in [0.25, 0.3) is 6.08 Å². The lowest BCUT2D eigenvalue weighted by Gasteiger charge is -2.11. The van der Waals surface area contributed by atoms with Crippen LogP contribution in [0.3, 0.4) is 0 Å². The van der Waals surface area contributed by atoms with Gasteiger partial charge in [0.05, 0.1) is 6.26 Å². The van der Waals surface area contributed by atoms with Crippen molar-refractivity contribution in [1.29, 1.82) is 0 Å². The predicted octanol–water partition coefficient (Wildman–Crippen LogP) is 3.96. The summed E-state index contributed by atoms with van der Waals surface area (Å²) in [5, 5.41) is 5.51. The van der Waals surface area contributed by atoms with Gasteiger partial charge in [-0.2, -0.15) is 0 Å². The van der Waals surface area contributed by atoms with E-state index in [9.17, 15) is 9.59 Å². The molecule has 2 aromatic carbocycles. The molecule has 5 nitrogen and oxygen atoms in total. The molecular formula is C22H20N2O3S. The molecule has 6 heteroatoms. The number of carbonyl (C=O) groups is 2. The highest BCUT2D eigenvalue weighted by Gasteiger charge is 2.15. The zero-order valence-corrected chi connectivity index (χ0v) is 15.9. The smallest absolute Gasteiger partial charge is 0.267 e. The maximum Gasteiger partial charge on any atom is 0.267 e. The third kappa shape index (κ3) is 5.89. The van der Waals surface area contributed by atoms with Crippen molar-refractivity contribution in [3.63, 3.8) is 0 Å². The van der Waals surface area contributed by atoms with Crippen molar-refractivity contribution in [2.24, 2.45) is 0 Å². The zero-order chi connectivity index (χ0) is 19.6. The van der Waals surface area contributed by atoms with Crippen molar-refractivity contribution in [2.45, 2.75) is 4.90 Å². The van der Waals surface area contributed by atoms with Crippen LogP contribution in [0.15, 0.2) is 94.1 Å². The molecule has 0 radical (unpaired) electrons. The number of hydrogen-bond acceptors (Lipinski definition) is 4. The molecule has 2 N–H and O–H groups in total. The first-order chi connectivity index (χ1) is 13.7. The lowest BCUT2D eigenvalue weighted by Crippen LogP contribution is -2.35. The van der Waals surface area contributed by atoms with E-state index in [0.717, 1.165) is 10.6 Å². The molecular weight excluding hydrogens is 372 g/mol. The second-order valence-corrected chi connectivity index (χ2v) is 6.98. The number of nitrogens with one attached hydrogen (secondary N) is 2. The molecule has 0 atom stereocenters. The lowest BCUT2D eigenvalue weighted by molar-refractivity contribution is -0.117. The van der Waals surface area contributed by atoms with Gasteiger partial charge in [0.25, 0.3) is 11.8 Å². The van der Waals surface area contributed by atoms with Crippen LogP contribution in [0.4, 0.5) is 0 Å². The van der Waals surface area contributed by atoms with Crippen molar-refractivity contribution >= 4 is 29.7 Å². The molecule has 142 valence electrons. The number of carbonyl (C=O) groups excluding carboxylic acids is 2. The molecule has 0 aliphatic heterocycles. The summed E-state index contributed by atoms with van der Waals surface area (Å²) in [7, 11) is 0. The Morgan fingerprint density at radius 1 is 0.929 bits per heavy atom. The molecule has 1 heterocycles. The van der Waals surface area contributed by atoms with E-state index in [1.165, 1.54) is 12.3 Å². The Bertz CT molecular complexity index is 923. The first-order valence-electron chi connectivity index (χ1n) is 8.80. The number of benzene rings is 2. The van der Waals surface area contributed by atoms with Gasteiger partial charge in [-0.15, -0.1) is 11.8 Å². The Balaban J connectivity index is 1.61. The summed E-state index contributed by atoms with van der Waals surface area (Å²) in [6.07, 6.45) is 3.03. The van der Waals surface area contributed by atoms with E-state index in [1.807, 2.05) is 36.4 Å². The van der Waals surface area contributed by atoms with Crippen LogP contribution < -0.4 is 10.6 Å². The van der Waals surface area contributed by atoms with E-state index >= 15 is 0 Å². The predicted molar refractivity (Wildman–Crippen MR) is 111 cm³/mol. The Morgan fingerprint density at radius 2 is 1.64 bits per heavy atom. The summed E-state index contributed by atoms with van der Waals surface area (Å²) in [6.45, 7) is 0.467. The Kier molecular flexibility index (Phi) is 7.09. The van der Waals surface area contributed by atoms with E-state index in [2.05, 4.69) is 10.6 Å². The molecule has 0 bridgehead atoms. The van der Waals surface area contributed by atoms with E-state index in [1.54, 1.807) is 48.2 Å². The number of furan rings is 1. The Morgan fingerprint density at radius 3 is 2.32 bits per heavy atom. The average molecular weight is 392 g/mol. The van der Waals surface area contributed by atoms with Crippen molar-refractivity contribution in [3.05, 3.63) is 96.1 Å². The van der Waals surface area contributed by atoms with Crippen LogP contribution in [0, 0.1) is 0 Å². The van der Waals surface area contributed by atoms with Gasteiger partial charge in [0.2, 0.25) is 0 Å². The van der Waals surface area contributed by atoms with Crippen LogP contribution >= 0.6 is 11.8 Å². The highest BCUT2D eigenvalue weighted by molar-refractivity contribution is 7.99. The maximum atomic E-state index is 12.6. The number of amides is 2. The number of thioether (sulfide) groups is 1. The number of hydrogen-bond donors (Lipinski definition) is 2. The van der Waals surface area contributed by atoms with E-state index in [4.69, 9.17) is 4.42 Å². The first kappa shape index (κ1) is 19.5. The summed E-state index contributed by atoms with van der Waals surface area (Å²) in [5.41, 5.74) is 0.605. The standard InChI is InChI=1S/C22H20N2O3S/c25-21(17-8-3-1-4-9-17)24-20(16-18-10-7-14-27-18)22(26)23-13-15-28-19-11-5-2-6-12-19/h1-12,14,16H,13,15H2,(H,23,26)(H,24,25)/b20-16-. The second-order valence-electron chi connectivity index (χ2n) is 5.81. The zero-order valence-electron chi connectivity index (χ0n) is 15.1. The molecule has 28 heavy (non-hydrogen) atoms. The SMILES string of the molecule is O=C(NCCSc1ccccc1)/C(=C/c1ccco1)NC(=O)c1ccccc1. The normalized spacial score (nSPS) is 11.1. The van der Waals surface area contributed by atoms with E-state index in [-0.39, 0.29) is 17.5 Å². The van der Waals surface area contributed by atoms with E-state index < -0.39 is 0 Å². The highest BCUT2D eigenvalue weighted by Crippen LogP contribution is 2.16. The fourth-order valence-corrected chi connectivity index (χ4v) is 3.19. The minimum Gasteiger partial charge on any atom is -0.465 e. The van der Waals surface area contributed by atoms with Gasteiger partial charge in [0, 0.05) is 28.8 Å². The quantitative estimate of drug-likeness (QED) is 0.346. The Hall–Kier alpha value is -3.25.